The van der Waals surface area contributed by atoms with Crippen molar-refractivity contribution < 1.29 is 4.79 Å². The van der Waals surface area contributed by atoms with Gasteiger partial charge in [-0.2, -0.15) is 0 Å². The van der Waals surface area contributed by atoms with Crippen LogP contribution in [0.5, 0.6) is 0 Å². The van der Waals surface area contributed by atoms with Crippen LogP contribution in [-0.4, -0.2) is 22.8 Å². The van der Waals surface area contributed by atoms with Gasteiger partial charge in [-0.25, -0.2) is 0 Å². The molecule has 1 aliphatic rings. The zero-order chi connectivity index (χ0) is 15.1. The fraction of sp³-hybridized carbons (Fsp3) is 0.211. The quantitative estimate of drug-likeness (QED) is 0.762. The average molecular weight is 290 g/mol. The van der Waals surface area contributed by atoms with E-state index in [4.69, 9.17) is 0 Å². The Bertz CT molecular complexity index is 816. The number of para-hydroxylation sites is 1. The molecule has 3 nitrogen and oxygen atoms in total. The number of benzene rings is 2. The number of amides is 1. The summed E-state index contributed by atoms with van der Waals surface area (Å²) >= 11 is 0. The molecule has 2 aromatic carbocycles. The molecule has 1 heterocycles. The number of aryl methyl sites for hydroxylation is 1. The largest absolute Gasteiger partial charge is 0.351 e. The zero-order valence-corrected chi connectivity index (χ0v) is 12.5. The van der Waals surface area contributed by atoms with Gasteiger partial charge in [0, 0.05) is 18.0 Å². The van der Waals surface area contributed by atoms with Crippen molar-refractivity contribution in [2.45, 2.75) is 18.9 Å². The third-order valence-corrected chi connectivity index (χ3v) is 4.65. The van der Waals surface area contributed by atoms with E-state index in [2.05, 4.69) is 29.2 Å². The number of aromatic amines is 1. The molecule has 1 aliphatic carbocycles. The molecule has 1 amide bonds. The summed E-state index contributed by atoms with van der Waals surface area (Å²) in [4.78, 5) is 17.9. The molecule has 22 heavy (non-hydrogen) atoms. The van der Waals surface area contributed by atoms with Crippen molar-refractivity contribution >= 4 is 16.8 Å². The molecule has 0 fully saturated rings. The Hall–Kier alpha value is -2.55. The Labute approximate surface area is 129 Å². The van der Waals surface area contributed by atoms with Gasteiger partial charge in [-0.15, -0.1) is 0 Å². The Kier molecular flexibility index (Phi) is 3.00. The number of aromatic nitrogens is 1. The topological polar surface area (TPSA) is 36.1 Å². The molecular formula is C19H18N2O. The summed E-state index contributed by atoms with van der Waals surface area (Å²) in [6, 6.07) is 18.5. The highest BCUT2D eigenvalue weighted by atomic mass is 16.2. The predicted octanol–water partition coefficient (Wildman–Crippen LogP) is 3.93. The zero-order valence-electron chi connectivity index (χ0n) is 12.5. The van der Waals surface area contributed by atoms with Gasteiger partial charge in [0.15, 0.2) is 0 Å². The van der Waals surface area contributed by atoms with E-state index in [9.17, 15) is 4.79 Å². The summed E-state index contributed by atoms with van der Waals surface area (Å²) in [5.74, 6) is 0.0536. The number of carbonyl (C=O) groups excluding carboxylic acids is 1. The number of hydrogen-bond acceptors (Lipinski definition) is 1. The maximum Gasteiger partial charge on any atom is 0.270 e. The summed E-state index contributed by atoms with van der Waals surface area (Å²) < 4.78 is 0. The second-order valence-electron chi connectivity index (χ2n) is 5.94. The fourth-order valence-electron chi connectivity index (χ4n) is 3.46. The lowest BCUT2D eigenvalue weighted by molar-refractivity contribution is 0.0725. The molecule has 4 rings (SSSR count). The van der Waals surface area contributed by atoms with Gasteiger partial charge >= 0.3 is 0 Å². The number of rotatable bonds is 2. The van der Waals surface area contributed by atoms with Gasteiger partial charge in [-0.1, -0.05) is 42.5 Å². The van der Waals surface area contributed by atoms with E-state index >= 15 is 0 Å². The van der Waals surface area contributed by atoms with Crippen LogP contribution in [0.1, 0.15) is 34.1 Å². The summed E-state index contributed by atoms with van der Waals surface area (Å²) in [6.07, 6.45) is 2.05. The summed E-state index contributed by atoms with van der Waals surface area (Å²) in [5.41, 5.74) is 4.32. The lowest BCUT2D eigenvalue weighted by atomic mass is 10.1. The van der Waals surface area contributed by atoms with Gasteiger partial charge in [0.25, 0.3) is 5.91 Å². The molecule has 0 saturated heterocycles. The number of hydrogen-bond donors (Lipinski definition) is 1. The lowest BCUT2D eigenvalue weighted by Gasteiger charge is -2.25. The van der Waals surface area contributed by atoms with E-state index < -0.39 is 0 Å². The molecule has 0 saturated carbocycles. The van der Waals surface area contributed by atoms with Crippen LogP contribution in [0.4, 0.5) is 0 Å². The van der Waals surface area contributed by atoms with E-state index in [1.807, 2.05) is 42.3 Å². The number of carbonyl (C=O) groups is 1. The van der Waals surface area contributed by atoms with Crippen molar-refractivity contribution in [1.82, 2.24) is 9.88 Å². The smallest absolute Gasteiger partial charge is 0.270 e. The van der Waals surface area contributed by atoms with Crippen molar-refractivity contribution in [3.63, 3.8) is 0 Å². The van der Waals surface area contributed by atoms with Crippen molar-refractivity contribution in [2.75, 3.05) is 7.05 Å². The van der Waals surface area contributed by atoms with Crippen LogP contribution in [0.25, 0.3) is 10.9 Å². The molecule has 3 heteroatoms. The number of fused-ring (bicyclic) bond motifs is 2. The summed E-state index contributed by atoms with van der Waals surface area (Å²) in [7, 11) is 1.90. The maximum absolute atomic E-state index is 12.8. The monoisotopic (exact) mass is 290 g/mol. The van der Waals surface area contributed by atoms with Crippen LogP contribution < -0.4 is 0 Å². The Morgan fingerprint density at radius 1 is 1.14 bits per heavy atom. The van der Waals surface area contributed by atoms with Crippen LogP contribution >= 0.6 is 0 Å². The van der Waals surface area contributed by atoms with Crippen LogP contribution in [0.2, 0.25) is 0 Å². The first-order valence-electron chi connectivity index (χ1n) is 7.67. The SMILES string of the molecule is CN(C(=O)c1cc2ccccc2[nH]1)C1CCc2ccccc21. The van der Waals surface area contributed by atoms with Crippen molar-refractivity contribution in [3.05, 3.63) is 71.4 Å². The molecule has 0 spiro atoms. The van der Waals surface area contributed by atoms with E-state index in [0.717, 1.165) is 23.7 Å². The van der Waals surface area contributed by atoms with E-state index in [0.29, 0.717) is 5.69 Å². The first-order valence-corrected chi connectivity index (χ1v) is 7.67. The normalized spacial score (nSPS) is 16.7. The Morgan fingerprint density at radius 3 is 2.77 bits per heavy atom. The molecule has 110 valence electrons. The average Bonchev–Trinajstić information content (AvgIpc) is 3.17. The minimum atomic E-state index is 0.0536. The predicted molar refractivity (Wildman–Crippen MR) is 87.9 cm³/mol. The van der Waals surface area contributed by atoms with Gasteiger partial charge in [-0.3, -0.25) is 4.79 Å². The highest BCUT2D eigenvalue weighted by Crippen LogP contribution is 2.35. The molecule has 0 radical (unpaired) electrons. The molecular weight excluding hydrogens is 272 g/mol. The molecule has 1 unspecified atom stereocenters. The third kappa shape index (κ3) is 2.01. The van der Waals surface area contributed by atoms with Gasteiger partial charge in [0.05, 0.1) is 6.04 Å². The van der Waals surface area contributed by atoms with Gasteiger partial charge in [-0.05, 0) is 36.1 Å². The molecule has 0 bridgehead atoms. The first-order chi connectivity index (χ1) is 10.7. The van der Waals surface area contributed by atoms with Crippen molar-refractivity contribution in [1.29, 1.82) is 0 Å². The Morgan fingerprint density at radius 2 is 1.91 bits per heavy atom. The van der Waals surface area contributed by atoms with Gasteiger partial charge < -0.3 is 9.88 Å². The summed E-state index contributed by atoms with van der Waals surface area (Å²) in [5, 5.41) is 1.08. The standard InChI is InChI=1S/C19H18N2O/c1-21(18-11-10-13-6-2-4-8-15(13)18)19(22)17-12-14-7-3-5-9-16(14)20-17/h2-9,12,18,20H,10-11H2,1H3. The molecule has 0 aliphatic heterocycles. The summed E-state index contributed by atoms with van der Waals surface area (Å²) in [6.45, 7) is 0. The first kappa shape index (κ1) is 13.1. The van der Waals surface area contributed by atoms with E-state index in [-0.39, 0.29) is 11.9 Å². The van der Waals surface area contributed by atoms with Crippen LogP contribution in [0.15, 0.2) is 54.6 Å². The third-order valence-electron chi connectivity index (χ3n) is 4.65. The van der Waals surface area contributed by atoms with Crippen molar-refractivity contribution in [3.8, 4) is 0 Å². The molecule has 3 aromatic rings. The van der Waals surface area contributed by atoms with Crippen LogP contribution in [0, 0.1) is 0 Å². The highest BCUT2D eigenvalue weighted by Gasteiger charge is 2.29. The van der Waals surface area contributed by atoms with Gasteiger partial charge in [0.2, 0.25) is 0 Å². The van der Waals surface area contributed by atoms with Gasteiger partial charge in [0.1, 0.15) is 5.69 Å². The molecule has 1 aromatic heterocycles. The van der Waals surface area contributed by atoms with Crippen LogP contribution in [0.3, 0.4) is 0 Å². The highest BCUT2D eigenvalue weighted by molar-refractivity contribution is 5.98. The minimum absolute atomic E-state index is 0.0536. The number of H-pyrrole nitrogens is 1. The molecule has 1 atom stereocenters. The number of nitrogens with one attached hydrogen (secondary N) is 1. The number of nitrogens with zero attached hydrogens (tertiary/aromatic N) is 1. The van der Waals surface area contributed by atoms with Crippen molar-refractivity contribution in [2.24, 2.45) is 0 Å². The Balaban J connectivity index is 1.65. The van der Waals surface area contributed by atoms with E-state index in [1.54, 1.807) is 0 Å². The second-order valence-corrected chi connectivity index (χ2v) is 5.94. The fourth-order valence-corrected chi connectivity index (χ4v) is 3.46. The molecule has 1 N–H and O–H groups in total. The lowest BCUT2D eigenvalue weighted by Crippen LogP contribution is -2.30. The maximum atomic E-state index is 12.8. The van der Waals surface area contributed by atoms with Crippen LogP contribution in [-0.2, 0) is 6.42 Å². The van der Waals surface area contributed by atoms with E-state index in [1.165, 1.54) is 11.1 Å². The second kappa shape index (κ2) is 5.02. The minimum Gasteiger partial charge on any atom is -0.351 e.